The van der Waals surface area contributed by atoms with Gasteiger partial charge in [-0.25, -0.2) is 5.43 Å². The molecule has 0 aliphatic carbocycles. The van der Waals surface area contributed by atoms with Gasteiger partial charge in [0.2, 0.25) is 0 Å². The van der Waals surface area contributed by atoms with Gasteiger partial charge >= 0.3 is 0 Å². The van der Waals surface area contributed by atoms with Crippen molar-refractivity contribution in [3.05, 3.63) is 76.5 Å². The predicted molar refractivity (Wildman–Crippen MR) is 99.0 cm³/mol. The monoisotopic (exact) mass is 333 g/mol. The Morgan fingerprint density at radius 2 is 2.00 bits per heavy atom. The van der Waals surface area contributed by atoms with Gasteiger partial charge in [0.15, 0.2) is 0 Å². The van der Waals surface area contributed by atoms with Crippen LogP contribution in [0.25, 0.3) is 0 Å². The predicted octanol–water partition coefficient (Wildman–Crippen LogP) is 3.24. The summed E-state index contributed by atoms with van der Waals surface area (Å²) >= 11 is 0. The molecule has 1 amide bonds. The van der Waals surface area contributed by atoms with E-state index in [2.05, 4.69) is 15.5 Å². The summed E-state index contributed by atoms with van der Waals surface area (Å²) in [7, 11) is 0. The van der Waals surface area contributed by atoms with Gasteiger partial charge in [0.05, 0.1) is 11.9 Å². The van der Waals surface area contributed by atoms with Crippen LogP contribution in [-0.4, -0.2) is 22.9 Å². The molecule has 2 aromatic rings. The quantitative estimate of drug-likeness (QED) is 0.666. The van der Waals surface area contributed by atoms with Gasteiger partial charge in [-0.3, -0.25) is 9.79 Å². The van der Waals surface area contributed by atoms with Crippen molar-refractivity contribution >= 4 is 17.8 Å². The fourth-order valence-corrected chi connectivity index (χ4v) is 2.62. The van der Waals surface area contributed by atoms with Crippen LogP contribution in [0.3, 0.4) is 0 Å². The molecule has 0 bridgehead atoms. The van der Waals surface area contributed by atoms with Crippen LogP contribution in [-0.2, 0) is 4.79 Å². The van der Waals surface area contributed by atoms with E-state index in [9.17, 15) is 9.90 Å². The molecule has 0 saturated heterocycles. The number of rotatable bonds is 4. The van der Waals surface area contributed by atoms with Gasteiger partial charge in [0.25, 0.3) is 5.91 Å². The minimum Gasteiger partial charge on any atom is -0.508 e. The number of hydrogen-bond donors (Lipinski definition) is 2. The molecule has 2 aromatic carbocycles. The summed E-state index contributed by atoms with van der Waals surface area (Å²) in [5.41, 5.74) is 7.74. The summed E-state index contributed by atoms with van der Waals surface area (Å²) in [6.45, 7) is 3.83. The number of aromatic hydroxyl groups is 1. The molecule has 0 radical (unpaired) electrons. The van der Waals surface area contributed by atoms with Crippen LogP contribution in [0.15, 0.2) is 64.3 Å². The molecule has 1 heterocycles. The lowest BCUT2D eigenvalue weighted by Crippen LogP contribution is -2.20. The molecule has 0 fully saturated rings. The lowest BCUT2D eigenvalue weighted by molar-refractivity contribution is -0.117. The maximum atomic E-state index is 12.2. The molecular weight excluding hydrogens is 314 g/mol. The second-order valence-electron chi connectivity index (χ2n) is 5.97. The smallest absolute Gasteiger partial charge is 0.269 e. The number of phenolic OH excluding ortho intramolecular Hbond substituents is 1. The van der Waals surface area contributed by atoms with Gasteiger partial charge in [0.1, 0.15) is 5.75 Å². The van der Waals surface area contributed by atoms with Crippen LogP contribution in [0.5, 0.6) is 5.75 Å². The van der Waals surface area contributed by atoms with E-state index >= 15 is 0 Å². The molecule has 1 aliphatic rings. The topological polar surface area (TPSA) is 74.0 Å². The first kappa shape index (κ1) is 16.6. The van der Waals surface area contributed by atoms with Crippen LogP contribution in [0.2, 0.25) is 0 Å². The Morgan fingerprint density at radius 3 is 2.76 bits per heavy atom. The third-order valence-corrected chi connectivity index (χ3v) is 4.08. The van der Waals surface area contributed by atoms with Crippen molar-refractivity contribution in [3.63, 3.8) is 0 Å². The van der Waals surface area contributed by atoms with Crippen molar-refractivity contribution in [2.75, 3.05) is 0 Å². The molecule has 0 atom stereocenters. The van der Waals surface area contributed by atoms with Crippen LogP contribution >= 0.6 is 0 Å². The van der Waals surface area contributed by atoms with Gasteiger partial charge < -0.3 is 5.11 Å². The number of benzene rings is 2. The number of amides is 1. The third kappa shape index (κ3) is 3.83. The molecule has 3 rings (SSSR count). The zero-order valence-electron chi connectivity index (χ0n) is 14.2. The Bertz CT molecular complexity index is 911. The maximum Gasteiger partial charge on any atom is 0.269 e. The first-order valence-corrected chi connectivity index (χ1v) is 7.99. The van der Waals surface area contributed by atoms with E-state index in [0.29, 0.717) is 12.0 Å². The highest BCUT2D eigenvalue weighted by molar-refractivity contribution is 6.10. The number of hydrogen-bond acceptors (Lipinski definition) is 4. The number of aryl methyl sites for hydroxylation is 2. The van der Waals surface area contributed by atoms with Crippen molar-refractivity contribution in [1.82, 2.24) is 5.43 Å². The van der Waals surface area contributed by atoms with E-state index in [1.165, 1.54) is 0 Å². The second-order valence-corrected chi connectivity index (χ2v) is 5.97. The summed E-state index contributed by atoms with van der Waals surface area (Å²) in [5.74, 6) is -0.0303. The van der Waals surface area contributed by atoms with Crippen molar-refractivity contribution < 1.29 is 9.90 Å². The largest absolute Gasteiger partial charge is 0.508 e. The molecule has 0 spiro atoms. The number of nitrogens with zero attached hydrogens (tertiary/aromatic N) is 2. The zero-order chi connectivity index (χ0) is 17.8. The number of aliphatic imine (C=N–C) groups is 1. The lowest BCUT2D eigenvalue weighted by atomic mass is 10.0. The summed E-state index contributed by atoms with van der Waals surface area (Å²) in [6, 6.07) is 13.1. The van der Waals surface area contributed by atoms with E-state index in [-0.39, 0.29) is 11.7 Å². The average molecular weight is 333 g/mol. The van der Waals surface area contributed by atoms with E-state index < -0.39 is 0 Å². The van der Waals surface area contributed by atoms with E-state index in [1.807, 2.05) is 31.2 Å². The van der Waals surface area contributed by atoms with Gasteiger partial charge in [0, 0.05) is 18.2 Å². The highest BCUT2D eigenvalue weighted by Gasteiger charge is 2.18. The average Bonchev–Trinajstić information content (AvgIpc) is 3.08. The van der Waals surface area contributed by atoms with Crippen LogP contribution in [0.1, 0.15) is 28.7 Å². The number of nitrogens with one attached hydrogen (secondary N) is 1. The Labute approximate surface area is 146 Å². The van der Waals surface area contributed by atoms with Crippen molar-refractivity contribution in [3.8, 4) is 5.75 Å². The first-order valence-electron chi connectivity index (χ1n) is 7.99. The molecule has 5 heteroatoms. The maximum absolute atomic E-state index is 12.2. The number of hydrazone groups is 1. The molecule has 0 saturated carbocycles. The number of carbonyl (C=O) groups excluding carboxylic acids is 1. The normalized spacial score (nSPS) is 13.7. The number of carbonyl (C=O) groups is 1. The summed E-state index contributed by atoms with van der Waals surface area (Å²) < 4.78 is 0. The summed E-state index contributed by atoms with van der Waals surface area (Å²) in [4.78, 5) is 16.6. The van der Waals surface area contributed by atoms with E-state index in [4.69, 9.17) is 0 Å². The Kier molecular flexibility index (Phi) is 4.75. The fraction of sp³-hybridized carbons (Fsp3) is 0.150. The van der Waals surface area contributed by atoms with Gasteiger partial charge in [-0.1, -0.05) is 24.3 Å². The van der Waals surface area contributed by atoms with Gasteiger partial charge in [-0.05, 0) is 54.3 Å². The SMILES string of the molecule is Cc1cc(/C=N/NC(=O)C2=CN=C(c3ccccc3C)C2)ccc1O. The Morgan fingerprint density at radius 1 is 1.20 bits per heavy atom. The minimum atomic E-state index is -0.265. The molecule has 5 nitrogen and oxygen atoms in total. The van der Waals surface area contributed by atoms with E-state index in [1.54, 1.807) is 37.5 Å². The first-order chi connectivity index (χ1) is 12.0. The lowest BCUT2D eigenvalue weighted by Gasteiger charge is -2.06. The summed E-state index contributed by atoms with van der Waals surface area (Å²) in [5, 5.41) is 13.5. The highest BCUT2D eigenvalue weighted by Crippen LogP contribution is 2.20. The molecule has 0 aromatic heterocycles. The number of phenols is 1. The highest BCUT2D eigenvalue weighted by atomic mass is 16.3. The van der Waals surface area contributed by atoms with Crippen LogP contribution in [0.4, 0.5) is 0 Å². The third-order valence-electron chi connectivity index (χ3n) is 4.08. The summed E-state index contributed by atoms with van der Waals surface area (Å²) in [6.07, 6.45) is 3.63. The van der Waals surface area contributed by atoms with Crippen molar-refractivity contribution in [2.45, 2.75) is 20.3 Å². The minimum absolute atomic E-state index is 0.234. The Hall–Kier alpha value is -3.21. The molecule has 25 heavy (non-hydrogen) atoms. The molecule has 1 aliphatic heterocycles. The fourth-order valence-electron chi connectivity index (χ4n) is 2.62. The van der Waals surface area contributed by atoms with Crippen molar-refractivity contribution in [2.24, 2.45) is 10.1 Å². The van der Waals surface area contributed by atoms with Gasteiger partial charge in [-0.2, -0.15) is 5.10 Å². The van der Waals surface area contributed by atoms with Crippen LogP contribution in [0, 0.1) is 13.8 Å². The molecule has 2 N–H and O–H groups in total. The Balaban J connectivity index is 1.59. The standard InChI is InChI=1S/C20H19N3O2/c1-13-5-3-4-6-17(13)18-10-16(12-21-18)20(25)23-22-11-15-7-8-19(24)14(2)9-15/h3-9,11-12,24H,10H2,1-2H3,(H,23,25)/b22-11+. The van der Waals surface area contributed by atoms with Crippen LogP contribution < -0.4 is 5.43 Å². The van der Waals surface area contributed by atoms with E-state index in [0.717, 1.165) is 28.0 Å². The zero-order valence-corrected chi connectivity index (χ0v) is 14.2. The van der Waals surface area contributed by atoms with Gasteiger partial charge in [-0.15, -0.1) is 0 Å². The second kappa shape index (κ2) is 7.13. The molecule has 0 unspecified atom stereocenters. The molecular formula is C20H19N3O2. The molecule has 126 valence electrons. The van der Waals surface area contributed by atoms with Crippen molar-refractivity contribution in [1.29, 1.82) is 0 Å².